The van der Waals surface area contributed by atoms with Gasteiger partial charge in [-0.15, -0.1) is 0 Å². The van der Waals surface area contributed by atoms with Crippen molar-refractivity contribution in [2.45, 2.75) is 19.8 Å². The summed E-state index contributed by atoms with van der Waals surface area (Å²) in [5, 5.41) is 0. The number of imidazole rings is 1. The Balaban J connectivity index is 3.37. The van der Waals surface area contributed by atoms with Crippen LogP contribution in [0, 0.1) is 0 Å². The van der Waals surface area contributed by atoms with Gasteiger partial charge in [0.1, 0.15) is 12.0 Å². The van der Waals surface area contributed by atoms with E-state index in [9.17, 15) is 13.2 Å². The molecule has 0 spiro atoms. The van der Waals surface area contributed by atoms with Crippen molar-refractivity contribution in [3.05, 3.63) is 17.7 Å². The van der Waals surface area contributed by atoms with E-state index in [1.165, 1.54) is 0 Å². The average Bonchev–Trinajstić information content (AvgIpc) is 2.47. The van der Waals surface area contributed by atoms with Crippen molar-refractivity contribution in [1.29, 1.82) is 0 Å². The van der Waals surface area contributed by atoms with Crippen LogP contribution in [-0.2, 0) is 16.7 Å². The molecule has 1 rings (SSSR count). The van der Waals surface area contributed by atoms with Gasteiger partial charge >= 0.3 is 10.3 Å². The highest BCUT2D eigenvalue weighted by Crippen LogP contribution is 2.11. The number of hydrogen-bond acceptors (Lipinski definition) is 4. The van der Waals surface area contributed by atoms with Crippen LogP contribution in [0.15, 0.2) is 6.33 Å². The van der Waals surface area contributed by atoms with Gasteiger partial charge in [-0.1, -0.05) is 13.3 Å². The van der Waals surface area contributed by atoms with Crippen LogP contribution in [-0.4, -0.2) is 27.8 Å². The zero-order chi connectivity index (χ0) is 11.6. The fourth-order valence-corrected chi connectivity index (χ4v) is 1.81. The van der Waals surface area contributed by atoms with Gasteiger partial charge in [-0.25, -0.2) is 4.98 Å². The second-order valence-corrected chi connectivity index (χ2v) is 4.22. The molecule has 1 aromatic heterocycles. The van der Waals surface area contributed by atoms with Crippen LogP contribution in [0.5, 0.6) is 0 Å². The summed E-state index contributed by atoms with van der Waals surface area (Å²) in [6.07, 6.45) is 1.96. The number of primary amides is 1. The molecule has 0 aliphatic heterocycles. The van der Waals surface area contributed by atoms with E-state index < -0.39 is 16.2 Å². The predicted octanol–water partition coefficient (Wildman–Crippen LogP) is -0.415. The monoisotopic (exact) mass is 233 g/mol. The molecule has 0 bridgehead atoms. The number of carbonyl (C=O) groups is 1. The molecule has 8 heteroatoms. The van der Waals surface area contributed by atoms with Gasteiger partial charge in [0.05, 0.1) is 5.69 Å². The van der Waals surface area contributed by atoms with Crippen LogP contribution in [0.1, 0.15) is 29.5 Å². The van der Waals surface area contributed by atoms with Crippen molar-refractivity contribution < 1.29 is 17.8 Å². The first kappa shape index (κ1) is 11.7. The zero-order valence-electron chi connectivity index (χ0n) is 8.04. The molecule has 0 aliphatic rings. The third-order valence-electron chi connectivity index (χ3n) is 1.78. The molecule has 0 radical (unpaired) electrons. The fraction of sp³-hybridized carbons (Fsp3) is 0.429. The molecule has 0 atom stereocenters. The summed E-state index contributed by atoms with van der Waals surface area (Å²) in [6.45, 7) is 1.84. The maximum Gasteiger partial charge on any atom is 0.365 e. The van der Waals surface area contributed by atoms with Crippen molar-refractivity contribution in [3.8, 4) is 0 Å². The molecule has 1 aromatic rings. The molecule has 15 heavy (non-hydrogen) atoms. The summed E-state index contributed by atoms with van der Waals surface area (Å²) in [4.78, 5) is 14.7. The lowest BCUT2D eigenvalue weighted by Gasteiger charge is -2.02. The highest BCUT2D eigenvalue weighted by Gasteiger charge is 2.21. The van der Waals surface area contributed by atoms with Crippen LogP contribution < -0.4 is 5.73 Å². The van der Waals surface area contributed by atoms with Gasteiger partial charge in [0, 0.05) is 0 Å². The van der Waals surface area contributed by atoms with Crippen molar-refractivity contribution in [1.82, 2.24) is 8.96 Å². The Labute approximate surface area is 86.8 Å². The van der Waals surface area contributed by atoms with E-state index in [2.05, 4.69) is 4.98 Å². The van der Waals surface area contributed by atoms with Crippen LogP contribution >= 0.6 is 0 Å². The van der Waals surface area contributed by atoms with Crippen LogP contribution in [0.25, 0.3) is 0 Å². The number of carbonyl (C=O) groups excluding carboxylic acids is 1. The standard InChI is InChI=1S/C7H11N3O4S/c1-2-3-5-6(7(8)11)10(4-9-5)15(12,13)14/h4H,2-3H2,1H3,(H2,8,11)(H,12,13,14). The normalized spacial score (nSPS) is 11.6. The number of aryl methyl sites for hydroxylation is 1. The summed E-state index contributed by atoms with van der Waals surface area (Å²) in [6, 6.07) is 0. The molecule has 0 aromatic carbocycles. The van der Waals surface area contributed by atoms with Gasteiger partial charge in [0.25, 0.3) is 5.91 Å². The third kappa shape index (κ3) is 2.34. The summed E-state index contributed by atoms with van der Waals surface area (Å²) in [5.74, 6) is -0.937. The number of nitrogens with zero attached hydrogens (tertiary/aromatic N) is 2. The van der Waals surface area contributed by atoms with Crippen LogP contribution in [0.3, 0.4) is 0 Å². The van der Waals surface area contributed by atoms with Gasteiger partial charge in [-0.05, 0) is 6.42 Å². The summed E-state index contributed by atoms with van der Waals surface area (Å²) in [5.41, 5.74) is 4.99. The highest BCUT2D eigenvalue weighted by molar-refractivity contribution is 7.84. The third-order valence-corrected chi connectivity index (χ3v) is 2.55. The van der Waals surface area contributed by atoms with Crippen molar-refractivity contribution in [3.63, 3.8) is 0 Å². The topological polar surface area (TPSA) is 115 Å². The molecule has 3 N–H and O–H groups in total. The van der Waals surface area contributed by atoms with E-state index in [1.807, 2.05) is 6.92 Å². The molecule has 0 unspecified atom stereocenters. The molecule has 84 valence electrons. The average molecular weight is 233 g/mol. The first-order valence-corrected chi connectivity index (χ1v) is 5.61. The van der Waals surface area contributed by atoms with Crippen LogP contribution in [0.2, 0.25) is 0 Å². The Bertz CT molecular complexity index is 476. The first-order valence-electron chi connectivity index (χ1n) is 4.22. The SMILES string of the molecule is CCCc1ncn(S(=O)(=O)O)c1C(N)=O. The van der Waals surface area contributed by atoms with Crippen molar-refractivity contribution in [2.24, 2.45) is 5.73 Å². The fourth-order valence-electron chi connectivity index (χ4n) is 1.21. The summed E-state index contributed by atoms with van der Waals surface area (Å²) in [7, 11) is -4.52. The Morgan fingerprint density at radius 2 is 2.27 bits per heavy atom. The lowest BCUT2D eigenvalue weighted by atomic mass is 10.2. The molecular weight excluding hydrogens is 222 g/mol. The number of hydrogen-bond donors (Lipinski definition) is 2. The Morgan fingerprint density at radius 3 is 2.67 bits per heavy atom. The molecule has 1 heterocycles. The van der Waals surface area contributed by atoms with E-state index >= 15 is 0 Å². The molecule has 0 saturated heterocycles. The number of nitrogens with two attached hydrogens (primary N) is 1. The number of aromatic nitrogens is 2. The number of amides is 1. The van der Waals surface area contributed by atoms with E-state index in [-0.39, 0.29) is 11.4 Å². The molecular formula is C7H11N3O4S. The van der Waals surface area contributed by atoms with Gasteiger partial charge in [-0.3, -0.25) is 9.35 Å². The second kappa shape index (κ2) is 3.99. The maximum absolute atomic E-state index is 11.0. The van der Waals surface area contributed by atoms with Gasteiger partial charge in [-0.2, -0.15) is 12.4 Å². The first-order chi connectivity index (χ1) is 6.88. The highest BCUT2D eigenvalue weighted by atomic mass is 32.2. The maximum atomic E-state index is 11.0. The van der Waals surface area contributed by atoms with E-state index in [1.54, 1.807) is 0 Å². The lowest BCUT2D eigenvalue weighted by molar-refractivity contribution is 0.0993. The Morgan fingerprint density at radius 1 is 1.67 bits per heavy atom. The summed E-state index contributed by atoms with van der Waals surface area (Å²) < 4.78 is 30.9. The smallest absolute Gasteiger partial charge is 0.364 e. The minimum Gasteiger partial charge on any atom is -0.364 e. The van der Waals surface area contributed by atoms with Gasteiger partial charge in [0.2, 0.25) is 0 Å². The largest absolute Gasteiger partial charge is 0.365 e. The van der Waals surface area contributed by atoms with E-state index in [0.29, 0.717) is 16.8 Å². The number of rotatable bonds is 4. The minimum atomic E-state index is -4.52. The molecule has 7 nitrogen and oxygen atoms in total. The van der Waals surface area contributed by atoms with Gasteiger partial charge in [0.15, 0.2) is 0 Å². The quantitative estimate of drug-likeness (QED) is 0.685. The summed E-state index contributed by atoms with van der Waals surface area (Å²) >= 11 is 0. The predicted molar refractivity (Wildman–Crippen MR) is 51.7 cm³/mol. The van der Waals surface area contributed by atoms with Crippen LogP contribution in [0.4, 0.5) is 0 Å². The minimum absolute atomic E-state index is 0.266. The zero-order valence-corrected chi connectivity index (χ0v) is 8.86. The van der Waals surface area contributed by atoms with Crippen molar-refractivity contribution in [2.75, 3.05) is 0 Å². The Hall–Kier alpha value is -1.41. The Kier molecular flexibility index (Phi) is 3.10. The lowest BCUT2D eigenvalue weighted by Crippen LogP contribution is -2.22. The molecule has 0 saturated carbocycles. The second-order valence-electron chi connectivity index (χ2n) is 2.93. The van der Waals surface area contributed by atoms with Crippen molar-refractivity contribution >= 4 is 16.2 Å². The molecule has 1 amide bonds. The van der Waals surface area contributed by atoms with Gasteiger partial charge < -0.3 is 5.73 Å². The van der Waals surface area contributed by atoms with E-state index in [4.69, 9.17) is 10.3 Å². The molecule has 0 fully saturated rings. The van der Waals surface area contributed by atoms with E-state index in [0.717, 1.165) is 6.33 Å². The molecule has 0 aliphatic carbocycles.